The number of carbonyl (C=O) groups excluding carboxylic acids is 1. The molecule has 2 heterocycles. The second-order valence-corrected chi connectivity index (χ2v) is 5.64. The van der Waals surface area contributed by atoms with E-state index in [-0.39, 0.29) is 35.6 Å². The molecule has 6 heteroatoms. The first-order valence-corrected chi connectivity index (χ1v) is 7.63. The van der Waals surface area contributed by atoms with Crippen LogP contribution >= 0.6 is 12.4 Å². The summed E-state index contributed by atoms with van der Waals surface area (Å²) >= 11 is 0. The van der Waals surface area contributed by atoms with Gasteiger partial charge in [-0.1, -0.05) is 12.1 Å². The predicted octanol–water partition coefficient (Wildman–Crippen LogP) is 2.19. The molecule has 0 bridgehead atoms. The molecule has 2 fully saturated rings. The molecular formula is C16H22ClFN2O2. The number of ether oxygens (including phenoxy) is 1. The lowest BCUT2D eigenvalue weighted by Gasteiger charge is -2.28. The van der Waals surface area contributed by atoms with Gasteiger partial charge in [0.15, 0.2) is 0 Å². The van der Waals surface area contributed by atoms with E-state index in [4.69, 9.17) is 4.74 Å². The molecule has 1 aromatic carbocycles. The van der Waals surface area contributed by atoms with E-state index in [0.717, 1.165) is 25.9 Å². The van der Waals surface area contributed by atoms with Gasteiger partial charge in [-0.25, -0.2) is 4.39 Å². The van der Waals surface area contributed by atoms with E-state index in [9.17, 15) is 9.18 Å². The largest absolute Gasteiger partial charge is 0.378 e. The lowest BCUT2D eigenvalue weighted by atomic mass is 9.88. The van der Waals surface area contributed by atoms with E-state index in [0.29, 0.717) is 31.9 Å². The standard InChI is InChI=1S/C16H21FN2O2.ClH/c17-15-13(12-4-6-18-7-5-12)2-1-3-14(15)16(20)19-8-10-21-11-9-19;/h1-3,12,18H,4-11H2;1H. The number of rotatable bonds is 2. The van der Waals surface area contributed by atoms with Crippen LogP contribution in [0.5, 0.6) is 0 Å². The Morgan fingerprint density at radius 3 is 2.59 bits per heavy atom. The van der Waals surface area contributed by atoms with Crippen LogP contribution < -0.4 is 5.32 Å². The SMILES string of the molecule is Cl.O=C(c1cccc(C2CCNCC2)c1F)N1CCOCC1. The zero-order chi connectivity index (χ0) is 14.7. The van der Waals surface area contributed by atoms with Crippen LogP contribution in [0.15, 0.2) is 18.2 Å². The van der Waals surface area contributed by atoms with Crippen molar-refractivity contribution in [3.05, 3.63) is 35.1 Å². The van der Waals surface area contributed by atoms with Gasteiger partial charge in [0.2, 0.25) is 0 Å². The third-order valence-electron chi connectivity index (χ3n) is 4.34. The lowest BCUT2D eigenvalue weighted by molar-refractivity contribution is 0.0299. The molecule has 0 saturated carbocycles. The van der Waals surface area contributed by atoms with Crippen LogP contribution in [0.3, 0.4) is 0 Å². The van der Waals surface area contributed by atoms with Gasteiger partial charge in [-0.3, -0.25) is 4.79 Å². The van der Waals surface area contributed by atoms with Gasteiger partial charge in [0.25, 0.3) is 5.91 Å². The molecule has 0 atom stereocenters. The molecule has 0 radical (unpaired) electrons. The molecule has 2 saturated heterocycles. The zero-order valence-corrected chi connectivity index (χ0v) is 13.3. The molecule has 1 amide bonds. The van der Waals surface area contributed by atoms with Crippen molar-refractivity contribution in [1.29, 1.82) is 0 Å². The topological polar surface area (TPSA) is 41.6 Å². The Bertz CT molecular complexity index is 515. The highest BCUT2D eigenvalue weighted by Gasteiger charge is 2.25. The minimum Gasteiger partial charge on any atom is -0.378 e. The van der Waals surface area contributed by atoms with Crippen LogP contribution in [0, 0.1) is 5.82 Å². The average Bonchev–Trinajstić information content (AvgIpc) is 2.56. The van der Waals surface area contributed by atoms with Crippen LogP contribution in [0.4, 0.5) is 4.39 Å². The van der Waals surface area contributed by atoms with Crippen molar-refractivity contribution in [1.82, 2.24) is 10.2 Å². The molecule has 3 rings (SSSR count). The van der Waals surface area contributed by atoms with Crippen LogP contribution in [0.25, 0.3) is 0 Å². The average molecular weight is 329 g/mol. The molecule has 2 aliphatic rings. The van der Waals surface area contributed by atoms with Crippen molar-refractivity contribution in [2.24, 2.45) is 0 Å². The van der Waals surface area contributed by atoms with Gasteiger partial charge in [-0.05, 0) is 43.5 Å². The van der Waals surface area contributed by atoms with E-state index in [1.165, 1.54) is 0 Å². The van der Waals surface area contributed by atoms with Gasteiger partial charge in [-0.15, -0.1) is 12.4 Å². The molecule has 0 aliphatic carbocycles. The van der Waals surface area contributed by atoms with Crippen molar-refractivity contribution < 1.29 is 13.9 Å². The second-order valence-electron chi connectivity index (χ2n) is 5.64. The predicted molar refractivity (Wildman–Crippen MR) is 85.2 cm³/mol. The third-order valence-corrected chi connectivity index (χ3v) is 4.34. The first-order chi connectivity index (χ1) is 10.3. The normalized spacial score (nSPS) is 19.6. The van der Waals surface area contributed by atoms with Crippen LogP contribution in [-0.2, 0) is 4.74 Å². The van der Waals surface area contributed by atoms with Crippen molar-refractivity contribution in [3.8, 4) is 0 Å². The monoisotopic (exact) mass is 328 g/mol. The van der Waals surface area contributed by atoms with Gasteiger partial charge < -0.3 is 15.0 Å². The van der Waals surface area contributed by atoms with Gasteiger partial charge in [-0.2, -0.15) is 0 Å². The summed E-state index contributed by atoms with van der Waals surface area (Å²) in [5, 5.41) is 3.28. The first kappa shape index (κ1) is 17.2. The summed E-state index contributed by atoms with van der Waals surface area (Å²) in [6, 6.07) is 5.22. The summed E-state index contributed by atoms with van der Waals surface area (Å²) in [6.07, 6.45) is 1.85. The number of amides is 1. The van der Waals surface area contributed by atoms with Gasteiger partial charge in [0, 0.05) is 13.1 Å². The summed E-state index contributed by atoms with van der Waals surface area (Å²) in [4.78, 5) is 14.1. The lowest BCUT2D eigenvalue weighted by Crippen LogP contribution is -2.41. The Morgan fingerprint density at radius 1 is 1.23 bits per heavy atom. The third kappa shape index (κ3) is 3.59. The van der Waals surface area contributed by atoms with E-state index in [1.807, 2.05) is 6.07 Å². The number of hydrogen-bond donors (Lipinski definition) is 1. The first-order valence-electron chi connectivity index (χ1n) is 7.63. The summed E-state index contributed by atoms with van der Waals surface area (Å²) in [5.41, 5.74) is 0.892. The van der Waals surface area contributed by atoms with E-state index in [2.05, 4.69) is 5.32 Å². The molecule has 2 aliphatic heterocycles. The fourth-order valence-corrected chi connectivity index (χ4v) is 3.10. The maximum absolute atomic E-state index is 14.8. The van der Waals surface area contributed by atoms with Crippen LogP contribution in [-0.4, -0.2) is 50.2 Å². The highest BCUT2D eigenvalue weighted by molar-refractivity contribution is 5.94. The van der Waals surface area contributed by atoms with Crippen LogP contribution in [0.1, 0.15) is 34.7 Å². The Kier molecular flexibility index (Phi) is 6.17. The molecule has 1 N–H and O–H groups in total. The summed E-state index contributed by atoms with van der Waals surface area (Å²) in [7, 11) is 0. The van der Waals surface area contributed by atoms with Gasteiger partial charge in [0.1, 0.15) is 5.82 Å². The summed E-state index contributed by atoms with van der Waals surface area (Å²) < 4.78 is 20.0. The van der Waals surface area contributed by atoms with E-state index < -0.39 is 0 Å². The Balaban J connectivity index is 0.00000176. The van der Waals surface area contributed by atoms with Crippen LogP contribution in [0.2, 0.25) is 0 Å². The zero-order valence-electron chi connectivity index (χ0n) is 12.5. The molecule has 0 spiro atoms. The molecular weight excluding hydrogens is 307 g/mol. The number of benzene rings is 1. The van der Waals surface area contributed by atoms with Crippen molar-refractivity contribution in [2.75, 3.05) is 39.4 Å². The molecule has 22 heavy (non-hydrogen) atoms. The van der Waals surface area contributed by atoms with Gasteiger partial charge in [0.05, 0.1) is 18.8 Å². The quantitative estimate of drug-likeness (QED) is 0.905. The van der Waals surface area contributed by atoms with Crippen molar-refractivity contribution in [2.45, 2.75) is 18.8 Å². The maximum atomic E-state index is 14.8. The Hall–Kier alpha value is -1.17. The number of piperidine rings is 1. The fourth-order valence-electron chi connectivity index (χ4n) is 3.10. The Morgan fingerprint density at radius 2 is 1.91 bits per heavy atom. The summed E-state index contributed by atoms with van der Waals surface area (Å²) in [6.45, 7) is 3.95. The number of nitrogens with one attached hydrogen (secondary N) is 1. The summed E-state index contributed by atoms with van der Waals surface area (Å²) in [5.74, 6) is -0.337. The molecule has 4 nitrogen and oxygen atoms in total. The molecule has 1 aromatic rings. The smallest absolute Gasteiger partial charge is 0.256 e. The highest BCUT2D eigenvalue weighted by Crippen LogP contribution is 2.29. The second kappa shape index (κ2) is 7.90. The highest BCUT2D eigenvalue weighted by atomic mass is 35.5. The Labute approximate surface area is 136 Å². The number of morpholine rings is 1. The number of carbonyl (C=O) groups is 1. The van der Waals surface area contributed by atoms with Crippen molar-refractivity contribution >= 4 is 18.3 Å². The van der Waals surface area contributed by atoms with Crippen molar-refractivity contribution in [3.63, 3.8) is 0 Å². The number of halogens is 2. The van der Waals surface area contributed by atoms with Gasteiger partial charge >= 0.3 is 0 Å². The molecule has 0 unspecified atom stereocenters. The molecule has 122 valence electrons. The minimum atomic E-state index is -0.333. The fraction of sp³-hybridized carbons (Fsp3) is 0.562. The number of nitrogens with zero attached hydrogens (tertiary/aromatic N) is 1. The molecule has 0 aromatic heterocycles. The maximum Gasteiger partial charge on any atom is 0.256 e. The number of hydrogen-bond acceptors (Lipinski definition) is 3. The van der Waals surface area contributed by atoms with E-state index in [1.54, 1.807) is 17.0 Å². The minimum absolute atomic E-state index is 0. The van der Waals surface area contributed by atoms with E-state index >= 15 is 0 Å².